The second kappa shape index (κ2) is 7.04. The highest BCUT2D eigenvalue weighted by atomic mass is 19.1. The quantitative estimate of drug-likeness (QED) is 0.594. The van der Waals surface area contributed by atoms with E-state index >= 15 is 0 Å². The summed E-state index contributed by atoms with van der Waals surface area (Å²) in [5, 5.41) is 22.9. The smallest absolute Gasteiger partial charge is 0.313 e. The van der Waals surface area contributed by atoms with Crippen molar-refractivity contribution in [2.24, 2.45) is 5.92 Å². The number of hydrogen-bond acceptors (Lipinski definition) is 5. The molecule has 0 fully saturated rings. The van der Waals surface area contributed by atoms with E-state index in [2.05, 4.69) is 5.32 Å². The number of hydrogen-bond donors (Lipinski definition) is 2. The third kappa shape index (κ3) is 4.06. The number of aliphatic hydroxyl groups excluding tert-OH is 1. The van der Waals surface area contributed by atoms with Crippen molar-refractivity contribution >= 4 is 11.4 Å². The standard InChI is InChI=1S/C13H19FN2O4/c1-8(2)4-9(7-17)15-11-6-13(20-3)12(16(18)19)5-10(11)14/h5-6,8-9,15,17H,4,7H2,1-3H3. The van der Waals surface area contributed by atoms with Crippen molar-refractivity contribution in [2.75, 3.05) is 19.0 Å². The van der Waals surface area contributed by atoms with Gasteiger partial charge in [0.1, 0.15) is 0 Å². The molecule has 1 rings (SSSR count). The number of nitro groups is 1. The number of rotatable bonds is 7. The summed E-state index contributed by atoms with van der Waals surface area (Å²) < 4.78 is 18.7. The molecule has 1 atom stereocenters. The molecule has 0 heterocycles. The number of ether oxygens (including phenoxy) is 1. The molecule has 0 saturated heterocycles. The molecular weight excluding hydrogens is 267 g/mol. The first-order chi connectivity index (χ1) is 9.38. The number of nitro benzene ring substituents is 1. The SMILES string of the molecule is COc1cc(NC(CO)CC(C)C)c(F)cc1[N+](=O)[O-]. The van der Waals surface area contributed by atoms with E-state index < -0.39 is 16.4 Å². The summed E-state index contributed by atoms with van der Waals surface area (Å²) in [7, 11) is 1.28. The number of methoxy groups -OCH3 is 1. The largest absolute Gasteiger partial charge is 0.490 e. The van der Waals surface area contributed by atoms with Gasteiger partial charge in [0.15, 0.2) is 11.6 Å². The van der Waals surface area contributed by atoms with E-state index in [1.807, 2.05) is 13.8 Å². The Balaban J connectivity index is 3.03. The van der Waals surface area contributed by atoms with Crippen LogP contribution in [0.2, 0.25) is 0 Å². The van der Waals surface area contributed by atoms with E-state index in [9.17, 15) is 19.6 Å². The van der Waals surface area contributed by atoms with Crippen molar-refractivity contribution < 1.29 is 19.2 Å². The first kappa shape index (κ1) is 16.2. The molecule has 2 N–H and O–H groups in total. The topological polar surface area (TPSA) is 84.6 Å². The van der Waals surface area contributed by atoms with Gasteiger partial charge in [0.25, 0.3) is 0 Å². The minimum Gasteiger partial charge on any atom is -0.490 e. The number of aliphatic hydroxyl groups is 1. The maximum Gasteiger partial charge on any atom is 0.313 e. The average Bonchev–Trinajstić information content (AvgIpc) is 2.38. The summed E-state index contributed by atoms with van der Waals surface area (Å²) in [6, 6.07) is 1.72. The van der Waals surface area contributed by atoms with Crippen molar-refractivity contribution in [1.29, 1.82) is 0 Å². The fourth-order valence-electron chi connectivity index (χ4n) is 1.93. The summed E-state index contributed by atoms with van der Waals surface area (Å²) >= 11 is 0. The van der Waals surface area contributed by atoms with Crippen molar-refractivity contribution in [3.8, 4) is 5.75 Å². The van der Waals surface area contributed by atoms with E-state index in [1.54, 1.807) is 0 Å². The Bertz CT molecular complexity index is 480. The lowest BCUT2D eigenvalue weighted by molar-refractivity contribution is -0.385. The normalized spacial score (nSPS) is 12.3. The predicted octanol–water partition coefficient (Wildman–Crippen LogP) is 2.56. The van der Waals surface area contributed by atoms with Crippen LogP contribution < -0.4 is 10.1 Å². The van der Waals surface area contributed by atoms with Crippen molar-refractivity contribution in [3.05, 3.63) is 28.1 Å². The fraction of sp³-hybridized carbons (Fsp3) is 0.538. The molecule has 1 aromatic carbocycles. The fourth-order valence-corrected chi connectivity index (χ4v) is 1.93. The first-order valence-electron chi connectivity index (χ1n) is 6.28. The molecule has 0 aliphatic rings. The van der Waals surface area contributed by atoms with E-state index in [0.717, 1.165) is 6.07 Å². The van der Waals surface area contributed by atoms with Gasteiger partial charge in [0.2, 0.25) is 0 Å². The number of nitrogens with one attached hydrogen (secondary N) is 1. The van der Waals surface area contributed by atoms with Crippen molar-refractivity contribution in [3.63, 3.8) is 0 Å². The Labute approximate surface area is 116 Å². The summed E-state index contributed by atoms with van der Waals surface area (Å²) in [6.45, 7) is 3.81. The maximum atomic E-state index is 13.9. The Hall–Kier alpha value is -1.89. The van der Waals surface area contributed by atoms with Crippen LogP contribution in [0.15, 0.2) is 12.1 Å². The zero-order valence-corrected chi connectivity index (χ0v) is 11.7. The number of benzene rings is 1. The molecule has 1 unspecified atom stereocenters. The molecule has 0 bridgehead atoms. The highest BCUT2D eigenvalue weighted by Crippen LogP contribution is 2.32. The molecular formula is C13H19FN2O4. The minimum absolute atomic E-state index is 0.0277. The van der Waals surface area contributed by atoms with Crippen LogP contribution in [0.25, 0.3) is 0 Å². The summed E-state index contributed by atoms with van der Waals surface area (Å²) in [4.78, 5) is 10.1. The Morgan fingerprint density at radius 2 is 2.15 bits per heavy atom. The second-order valence-electron chi connectivity index (χ2n) is 4.91. The maximum absolute atomic E-state index is 13.9. The summed E-state index contributed by atoms with van der Waals surface area (Å²) in [5.74, 6) is -0.456. The lowest BCUT2D eigenvalue weighted by atomic mass is 10.0. The zero-order chi connectivity index (χ0) is 15.3. The van der Waals surface area contributed by atoms with Gasteiger partial charge in [-0.15, -0.1) is 0 Å². The molecule has 0 aliphatic heterocycles. The van der Waals surface area contributed by atoms with E-state index in [-0.39, 0.29) is 24.1 Å². The molecule has 1 aromatic rings. The lowest BCUT2D eigenvalue weighted by Crippen LogP contribution is -2.26. The Morgan fingerprint density at radius 3 is 2.60 bits per heavy atom. The number of nitrogens with zero attached hydrogens (tertiary/aromatic N) is 1. The molecule has 20 heavy (non-hydrogen) atoms. The molecule has 7 heteroatoms. The highest BCUT2D eigenvalue weighted by molar-refractivity contribution is 5.59. The first-order valence-corrected chi connectivity index (χ1v) is 6.28. The van der Waals surface area contributed by atoms with Gasteiger partial charge in [-0.05, 0) is 12.3 Å². The minimum atomic E-state index is -0.750. The van der Waals surface area contributed by atoms with Crippen LogP contribution in [0, 0.1) is 21.8 Å². The zero-order valence-electron chi connectivity index (χ0n) is 11.7. The van der Waals surface area contributed by atoms with Crippen LogP contribution >= 0.6 is 0 Å². The van der Waals surface area contributed by atoms with Crippen LogP contribution in [0.4, 0.5) is 15.8 Å². The van der Waals surface area contributed by atoms with Gasteiger partial charge in [-0.2, -0.15) is 0 Å². The van der Waals surface area contributed by atoms with Crippen LogP contribution in [-0.4, -0.2) is 29.8 Å². The Morgan fingerprint density at radius 1 is 1.50 bits per heavy atom. The van der Waals surface area contributed by atoms with E-state index in [1.165, 1.54) is 13.2 Å². The highest BCUT2D eigenvalue weighted by Gasteiger charge is 2.20. The van der Waals surface area contributed by atoms with Gasteiger partial charge in [-0.1, -0.05) is 13.8 Å². The molecule has 0 radical (unpaired) electrons. The number of halogens is 1. The van der Waals surface area contributed by atoms with Gasteiger partial charge in [-0.3, -0.25) is 10.1 Å². The van der Waals surface area contributed by atoms with Crippen LogP contribution in [0.3, 0.4) is 0 Å². The lowest BCUT2D eigenvalue weighted by Gasteiger charge is -2.20. The molecule has 0 aliphatic carbocycles. The summed E-state index contributed by atoms with van der Waals surface area (Å²) in [6.07, 6.45) is 0.648. The molecule has 0 amide bonds. The van der Waals surface area contributed by atoms with Crippen LogP contribution in [0.5, 0.6) is 5.75 Å². The van der Waals surface area contributed by atoms with Crippen LogP contribution in [0.1, 0.15) is 20.3 Å². The van der Waals surface area contributed by atoms with Gasteiger partial charge in [0.05, 0.1) is 30.4 Å². The van der Waals surface area contributed by atoms with E-state index in [0.29, 0.717) is 12.3 Å². The summed E-state index contributed by atoms with van der Waals surface area (Å²) in [5.41, 5.74) is -0.355. The van der Waals surface area contributed by atoms with Crippen molar-refractivity contribution in [1.82, 2.24) is 0 Å². The third-order valence-corrected chi connectivity index (χ3v) is 2.80. The van der Waals surface area contributed by atoms with Gasteiger partial charge in [0, 0.05) is 12.1 Å². The monoisotopic (exact) mass is 286 g/mol. The average molecular weight is 286 g/mol. The van der Waals surface area contributed by atoms with Gasteiger partial charge < -0.3 is 15.2 Å². The predicted molar refractivity (Wildman–Crippen MR) is 73.6 cm³/mol. The van der Waals surface area contributed by atoms with Gasteiger partial charge >= 0.3 is 5.69 Å². The van der Waals surface area contributed by atoms with Crippen LogP contribution in [-0.2, 0) is 0 Å². The molecule has 6 nitrogen and oxygen atoms in total. The number of anilines is 1. The third-order valence-electron chi connectivity index (χ3n) is 2.80. The Kier molecular flexibility index (Phi) is 5.69. The molecule has 0 spiro atoms. The molecule has 0 aromatic heterocycles. The van der Waals surface area contributed by atoms with E-state index in [4.69, 9.17) is 4.74 Å². The van der Waals surface area contributed by atoms with Crippen molar-refractivity contribution in [2.45, 2.75) is 26.3 Å². The van der Waals surface area contributed by atoms with Gasteiger partial charge in [-0.25, -0.2) is 4.39 Å². The molecule has 0 saturated carbocycles. The molecule has 112 valence electrons. The second-order valence-corrected chi connectivity index (χ2v) is 4.91.